The van der Waals surface area contributed by atoms with Crippen LogP contribution in [0.5, 0.6) is 5.75 Å². The maximum Gasteiger partial charge on any atom is 0.172 e. The molecule has 0 amide bonds. The lowest BCUT2D eigenvalue weighted by molar-refractivity contribution is -0.364. The Bertz CT molecular complexity index is 723. The molecule has 6 heteroatoms. The Morgan fingerprint density at radius 2 is 1.57 bits per heavy atom. The zero-order valence-electron chi connectivity index (χ0n) is 18.8. The molecule has 0 saturated carbocycles. The van der Waals surface area contributed by atoms with Gasteiger partial charge in [-0.3, -0.25) is 4.84 Å². The largest absolute Gasteiger partial charge is 0.491 e. The van der Waals surface area contributed by atoms with Gasteiger partial charge in [0.05, 0.1) is 19.8 Å². The number of nitrogens with zero attached hydrogens (tertiary/aromatic N) is 1. The first-order chi connectivity index (χ1) is 14.2. The topological polar surface area (TPSA) is 52.7 Å². The first-order valence-corrected chi connectivity index (χ1v) is 10.9. The maximum absolute atomic E-state index is 6.57. The van der Waals surface area contributed by atoms with Gasteiger partial charge in [0.1, 0.15) is 24.6 Å². The summed E-state index contributed by atoms with van der Waals surface area (Å²) in [5.41, 5.74) is 0.601. The van der Waals surface area contributed by atoms with Crippen molar-refractivity contribution in [3.05, 3.63) is 42.0 Å². The molecule has 6 nitrogen and oxygen atoms in total. The summed E-state index contributed by atoms with van der Waals surface area (Å²) < 4.78 is 23.3. The standard InChI is InChI=1S/C24H35NO5/c1-18(19-8-10-20(11-9-19)26-14-21-15-27-21)30-25-22(2,3)16-24(17-23(25,4)5)28-12-6-7-13-29-24/h6-11,18,21H,12-17H2,1-5H3. The molecule has 30 heavy (non-hydrogen) atoms. The Morgan fingerprint density at radius 3 is 2.10 bits per heavy atom. The molecule has 4 rings (SSSR count). The van der Waals surface area contributed by atoms with Crippen LogP contribution in [-0.4, -0.2) is 54.5 Å². The van der Waals surface area contributed by atoms with Gasteiger partial charge in [-0.1, -0.05) is 24.3 Å². The quantitative estimate of drug-likeness (QED) is 0.505. The lowest BCUT2D eigenvalue weighted by Gasteiger charge is -2.57. The molecule has 1 aromatic rings. The monoisotopic (exact) mass is 417 g/mol. The Hall–Kier alpha value is -1.44. The Kier molecular flexibility index (Phi) is 5.99. The average Bonchev–Trinajstić information content (AvgIpc) is 3.51. The van der Waals surface area contributed by atoms with Crippen LogP contribution >= 0.6 is 0 Å². The van der Waals surface area contributed by atoms with E-state index in [9.17, 15) is 0 Å². The Labute approximate surface area is 180 Å². The van der Waals surface area contributed by atoms with Gasteiger partial charge in [0.2, 0.25) is 0 Å². The molecule has 0 N–H and O–H groups in total. The second kappa shape index (κ2) is 8.24. The van der Waals surface area contributed by atoms with E-state index >= 15 is 0 Å². The predicted molar refractivity (Wildman–Crippen MR) is 114 cm³/mol. The minimum absolute atomic E-state index is 0.0870. The van der Waals surface area contributed by atoms with Gasteiger partial charge in [-0.15, -0.1) is 0 Å². The van der Waals surface area contributed by atoms with E-state index < -0.39 is 5.79 Å². The van der Waals surface area contributed by atoms with Crippen molar-refractivity contribution in [2.75, 3.05) is 26.4 Å². The summed E-state index contributed by atoms with van der Waals surface area (Å²) in [5, 5.41) is 2.15. The Morgan fingerprint density at radius 1 is 1.00 bits per heavy atom. The van der Waals surface area contributed by atoms with Gasteiger partial charge >= 0.3 is 0 Å². The smallest absolute Gasteiger partial charge is 0.172 e. The highest BCUT2D eigenvalue weighted by atomic mass is 16.7. The molecule has 0 bridgehead atoms. The summed E-state index contributed by atoms with van der Waals surface area (Å²) in [6.45, 7) is 13.5. The summed E-state index contributed by atoms with van der Waals surface area (Å²) in [5.74, 6) is 0.280. The van der Waals surface area contributed by atoms with Crippen molar-refractivity contribution in [3.8, 4) is 5.75 Å². The van der Waals surface area contributed by atoms with Crippen molar-refractivity contribution in [1.29, 1.82) is 0 Å². The van der Waals surface area contributed by atoms with Crippen LogP contribution in [0.2, 0.25) is 0 Å². The number of rotatable bonds is 6. The molecule has 2 fully saturated rings. The first kappa shape index (κ1) is 21.8. The number of piperidine rings is 1. The van der Waals surface area contributed by atoms with Crippen LogP contribution in [-0.2, 0) is 19.0 Å². The number of ether oxygens (including phenoxy) is 4. The fourth-order valence-corrected chi connectivity index (χ4v) is 4.82. The lowest BCUT2D eigenvalue weighted by Crippen LogP contribution is -2.66. The third-order valence-corrected chi connectivity index (χ3v) is 6.01. The van der Waals surface area contributed by atoms with E-state index in [2.05, 4.69) is 51.8 Å². The molecular weight excluding hydrogens is 382 g/mol. The molecule has 1 aromatic carbocycles. The van der Waals surface area contributed by atoms with Crippen LogP contribution in [0.1, 0.15) is 59.1 Å². The van der Waals surface area contributed by atoms with Crippen LogP contribution in [0.3, 0.4) is 0 Å². The van der Waals surface area contributed by atoms with Gasteiger partial charge in [-0.05, 0) is 52.3 Å². The van der Waals surface area contributed by atoms with Crippen molar-refractivity contribution in [2.45, 2.75) is 76.5 Å². The minimum Gasteiger partial charge on any atom is -0.491 e. The maximum atomic E-state index is 6.57. The van der Waals surface area contributed by atoms with E-state index in [1.165, 1.54) is 0 Å². The van der Waals surface area contributed by atoms with Crippen molar-refractivity contribution in [3.63, 3.8) is 0 Å². The van der Waals surface area contributed by atoms with Crippen LogP contribution < -0.4 is 4.74 Å². The van der Waals surface area contributed by atoms with E-state index in [1.807, 2.05) is 24.3 Å². The third kappa shape index (κ3) is 4.89. The van der Waals surface area contributed by atoms with Crippen LogP contribution in [0.25, 0.3) is 0 Å². The number of benzene rings is 1. The molecule has 166 valence electrons. The van der Waals surface area contributed by atoms with E-state index in [-0.39, 0.29) is 23.3 Å². The molecule has 0 radical (unpaired) electrons. The molecule has 0 aromatic heterocycles. The molecule has 3 aliphatic heterocycles. The van der Waals surface area contributed by atoms with Crippen molar-refractivity contribution in [1.82, 2.24) is 5.06 Å². The number of hydrogen-bond donors (Lipinski definition) is 0. The Balaban J connectivity index is 1.43. The van der Waals surface area contributed by atoms with Crippen molar-refractivity contribution < 1.29 is 23.8 Å². The highest BCUT2D eigenvalue weighted by Crippen LogP contribution is 2.47. The number of epoxide rings is 1. The first-order valence-electron chi connectivity index (χ1n) is 10.9. The average molecular weight is 418 g/mol. The van der Waals surface area contributed by atoms with E-state index in [1.54, 1.807) is 0 Å². The van der Waals surface area contributed by atoms with Gasteiger partial charge in [0, 0.05) is 23.9 Å². The van der Waals surface area contributed by atoms with E-state index in [0.717, 1.165) is 30.8 Å². The predicted octanol–water partition coefficient (Wildman–Crippen LogP) is 4.41. The second-order valence-electron chi connectivity index (χ2n) is 9.86. The summed E-state index contributed by atoms with van der Waals surface area (Å²) in [6, 6.07) is 8.14. The molecule has 3 heterocycles. The second-order valence-corrected chi connectivity index (χ2v) is 9.86. The van der Waals surface area contributed by atoms with Gasteiger partial charge in [-0.25, -0.2) is 0 Å². The fraction of sp³-hybridized carbons (Fsp3) is 0.667. The SMILES string of the molecule is CC(ON1C(C)(C)CC2(CC1(C)C)OCC=CCO2)c1ccc(OCC2CO2)cc1. The summed E-state index contributed by atoms with van der Waals surface area (Å²) in [7, 11) is 0. The molecular formula is C24H35NO5. The number of hydrogen-bond acceptors (Lipinski definition) is 6. The molecule has 2 saturated heterocycles. The van der Waals surface area contributed by atoms with Gasteiger partial charge in [-0.2, -0.15) is 5.06 Å². The summed E-state index contributed by atoms with van der Waals surface area (Å²) in [4.78, 5) is 6.57. The highest BCUT2D eigenvalue weighted by molar-refractivity contribution is 5.28. The molecule has 3 aliphatic rings. The summed E-state index contributed by atoms with van der Waals surface area (Å²) >= 11 is 0. The van der Waals surface area contributed by atoms with Crippen molar-refractivity contribution >= 4 is 0 Å². The third-order valence-electron chi connectivity index (χ3n) is 6.01. The van der Waals surface area contributed by atoms with Crippen molar-refractivity contribution in [2.24, 2.45) is 0 Å². The minimum atomic E-state index is -0.580. The molecule has 1 spiro atoms. The zero-order chi connectivity index (χ0) is 21.4. The molecule has 2 atom stereocenters. The zero-order valence-corrected chi connectivity index (χ0v) is 18.8. The van der Waals surface area contributed by atoms with E-state index in [0.29, 0.717) is 19.8 Å². The summed E-state index contributed by atoms with van der Waals surface area (Å²) in [6.07, 6.45) is 5.73. The van der Waals surface area contributed by atoms with Crippen LogP contribution in [0.4, 0.5) is 0 Å². The molecule has 2 unspecified atom stereocenters. The van der Waals surface area contributed by atoms with Gasteiger partial charge < -0.3 is 18.9 Å². The fourth-order valence-electron chi connectivity index (χ4n) is 4.82. The highest BCUT2D eigenvalue weighted by Gasteiger charge is 2.55. The molecule has 0 aliphatic carbocycles. The van der Waals surface area contributed by atoms with E-state index in [4.69, 9.17) is 23.8 Å². The normalized spacial score (nSPS) is 28.1. The van der Waals surface area contributed by atoms with Gasteiger partial charge in [0.15, 0.2) is 5.79 Å². The van der Waals surface area contributed by atoms with Gasteiger partial charge in [0.25, 0.3) is 0 Å². The van der Waals surface area contributed by atoms with Crippen LogP contribution in [0, 0.1) is 0 Å². The lowest BCUT2D eigenvalue weighted by atomic mass is 9.78. The number of hydroxylamine groups is 2. The van der Waals surface area contributed by atoms with Crippen LogP contribution in [0.15, 0.2) is 36.4 Å².